The minimum Gasteiger partial charge on any atom is -0.452 e. The van der Waals surface area contributed by atoms with Gasteiger partial charge in [0.2, 0.25) is 0 Å². The van der Waals surface area contributed by atoms with E-state index in [-0.39, 0.29) is 28.7 Å². The number of nitrogens with zero attached hydrogens (tertiary/aromatic N) is 2. The van der Waals surface area contributed by atoms with E-state index in [1.54, 1.807) is 0 Å². The fourth-order valence-electron chi connectivity index (χ4n) is 3.22. The maximum absolute atomic E-state index is 12.6. The molecule has 1 atom stereocenters. The van der Waals surface area contributed by atoms with Gasteiger partial charge in [0.15, 0.2) is 16.4 Å². The fourth-order valence-corrected chi connectivity index (χ4v) is 4.95. The first-order chi connectivity index (χ1) is 13.0. The van der Waals surface area contributed by atoms with E-state index in [9.17, 15) is 28.1 Å². The topological polar surface area (TPSA) is 124 Å². The summed E-state index contributed by atoms with van der Waals surface area (Å²) in [6, 6.07) is 3.82. The summed E-state index contributed by atoms with van der Waals surface area (Å²) in [4.78, 5) is 36.9. The second-order valence-corrected chi connectivity index (χ2v) is 9.53. The van der Waals surface area contributed by atoms with Crippen molar-refractivity contribution in [3.63, 3.8) is 0 Å². The Kier molecular flexibility index (Phi) is 6.76. The van der Waals surface area contributed by atoms with Crippen molar-refractivity contribution in [2.45, 2.75) is 33.2 Å². The van der Waals surface area contributed by atoms with Crippen molar-refractivity contribution < 1.29 is 27.7 Å². The van der Waals surface area contributed by atoms with Crippen molar-refractivity contribution in [1.82, 2.24) is 4.90 Å². The lowest BCUT2D eigenvalue weighted by atomic mass is 10.1. The van der Waals surface area contributed by atoms with Gasteiger partial charge in [-0.25, -0.2) is 13.2 Å². The summed E-state index contributed by atoms with van der Waals surface area (Å²) >= 11 is 0. The summed E-state index contributed by atoms with van der Waals surface area (Å²) in [5.41, 5.74) is -0.277. The molecule has 1 saturated heterocycles. The van der Waals surface area contributed by atoms with Crippen molar-refractivity contribution in [3.8, 4) is 0 Å². The number of benzene rings is 1. The number of carbonyl (C=O) groups excluding carboxylic acids is 2. The molecule has 1 amide bonds. The second kappa shape index (κ2) is 8.68. The average molecular weight is 412 g/mol. The number of esters is 1. The van der Waals surface area contributed by atoms with E-state index in [1.807, 2.05) is 13.8 Å². The van der Waals surface area contributed by atoms with Crippen LogP contribution < -0.4 is 0 Å². The van der Waals surface area contributed by atoms with E-state index in [0.29, 0.717) is 18.5 Å². The highest BCUT2D eigenvalue weighted by Gasteiger charge is 2.35. The molecule has 1 heterocycles. The third-order valence-electron chi connectivity index (χ3n) is 4.50. The molecule has 1 fully saturated rings. The molecular weight excluding hydrogens is 388 g/mol. The number of carbonyl (C=O) groups is 2. The van der Waals surface area contributed by atoms with Crippen LogP contribution in [-0.2, 0) is 19.4 Å². The first kappa shape index (κ1) is 21.8. The summed E-state index contributed by atoms with van der Waals surface area (Å²) in [6.45, 7) is 5.02. The Morgan fingerprint density at radius 2 is 2.04 bits per heavy atom. The zero-order chi connectivity index (χ0) is 21.1. The molecule has 0 radical (unpaired) electrons. The molecule has 0 bridgehead atoms. The summed E-state index contributed by atoms with van der Waals surface area (Å²) in [7, 11) is -3.18. The first-order valence-electron chi connectivity index (χ1n) is 8.93. The van der Waals surface area contributed by atoms with E-state index >= 15 is 0 Å². The van der Waals surface area contributed by atoms with Crippen molar-refractivity contribution in [2.75, 3.05) is 24.7 Å². The molecule has 2 rings (SSSR count). The van der Waals surface area contributed by atoms with Crippen LogP contribution in [0.4, 0.5) is 5.69 Å². The molecule has 0 saturated carbocycles. The van der Waals surface area contributed by atoms with Crippen molar-refractivity contribution in [1.29, 1.82) is 0 Å². The van der Waals surface area contributed by atoms with Gasteiger partial charge < -0.3 is 9.64 Å². The molecule has 1 aromatic carbocycles. The fraction of sp³-hybridized carbons (Fsp3) is 0.556. The Hall–Kier alpha value is -2.49. The molecular formula is C18H24N2O7S. The zero-order valence-corrected chi connectivity index (χ0v) is 16.9. The number of nitro groups is 1. The third kappa shape index (κ3) is 5.28. The van der Waals surface area contributed by atoms with E-state index < -0.39 is 39.3 Å². The number of aryl methyl sites for hydroxylation is 1. The van der Waals surface area contributed by atoms with Gasteiger partial charge in [0.25, 0.3) is 11.6 Å². The smallest absolute Gasteiger partial charge is 0.345 e. The summed E-state index contributed by atoms with van der Waals surface area (Å²) in [6.07, 6.45) is 0.345. The number of amides is 1. The Bertz CT molecular complexity index is 880. The molecule has 28 heavy (non-hydrogen) atoms. The number of sulfone groups is 1. The van der Waals surface area contributed by atoms with Gasteiger partial charge in [0.05, 0.1) is 16.4 Å². The highest BCUT2D eigenvalue weighted by atomic mass is 32.2. The highest BCUT2D eigenvalue weighted by molar-refractivity contribution is 7.91. The number of nitro benzene ring substituents is 1. The Balaban J connectivity index is 2.11. The lowest BCUT2D eigenvalue weighted by Gasteiger charge is -2.29. The van der Waals surface area contributed by atoms with E-state index in [0.717, 1.165) is 0 Å². The maximum atomic E-state index is 12.6. The lowest BCUT2D eigenvalue weighted by Crippen LogP contribution is -2.45. The minimum atomic E-state index is -3.18. The van der Waals surface area contributed by atoms with Gasteiger partial charge in [-0.2, -0.15) is 0 Å². The van der Waals surface area contributed by atoms with E-state index in [2.05, 4.69) is 0 Å². The van der Waals surface area contributed by atoms with Crippen LogP contribution in [0, 0.1) is 23.0 Å². The van der Waals surface area contributed by atoms with E-state index in [1.165, 1.54) is 30.0 Å². The molecule has 0 aromatic heterocycles. The normalized spacial score (nSPS) is 18.1. The van der Waals surface area contributed by atoms with Gasteiger partial charge >= 0.3 is 5.97 Å². The Labute approximate surface area is 163 Å². The number of rotatable bonds is 7. The summed E-state index contributed by atoms with van der Waals surface area (Å²) in [5.74, 6) is -1.47. The van der Waals surface area contributed by atoms with Crippen LogP contribution in [-0.4, -0.2) is 60.8 Å². The molecule has 0 N–H and O–H groups in total. The summed E-state index contributed by atoms with van der Waals surface area (Å²) in [5, 5.41) is 11.2. The number of para-hydroxylation sites is 1. The standard InChI is InChI=1S/C18H24N2O7S/c1-12(2)9-19(14-7-8-28(25,26)11-14)16(21)10-27-18(22)15-6-4-5-13(3)17(15)20(23)24/h4-6,12,14H,7-11H2,1-3H3. The Morgan fingerprint density at radius 1 is 1.36 bits per heavy atom. The third-order valence-corrected chi connectivity index (χ3v) is 6.25. The predicted molar refractivity (Wildman–Crippen MR) is 102 cm³/mol. The van der Waals surface area contributed by atoms with Crippen LogP contribution in [0.2, 0.25) is 0 Å². The highest BCUT2D eigenvalue weighted by Crippen LogP contribution is 2.24. The van der Waals surface area contributed by atoms with Crippen LogP contribution >= 0.6 is 0 Å². The predicted octanol–water partition coefficient (Wildman–Crippen LogP) is 1.73. The molecule has 1 aromatic rings. The largest absolute Gasteiger partial charge is 0.452 e. The SMILES string of the molecule is Cc1cccc(C(=O)OCC(=O)N(CC(C)C)C2CCS(=O)(=O)C2)c1[N+](=O)[O-]. The van der Waals surface area contributed by atoms with Crippen LogP contribution in [0.1, 0.15) is 36.2 Å². The molecule has 154 valence electrons. The monoisotopic (exact) mass is 412 g/mol. The average Bonchev–Trinajstić information content (AvgIpc) is 2.96. The molecule has 1 unspecified atom stereocenters. The number of ether oxygens (including phenoxy) is 1. The van der Waals surface area contributed by atoms with Crippen LogP contribution in [0.3, 0.4) is 0 Å². The number of hydrogen-bond donors (Lipinski definition) is 0. The van der Waals surface area contributed by atoms with Crippen molar-refractivity contribution in [3.05, 3.63) is 39.4 Å². The van der Waals surface area contributed by atoms with Gasteiger partial charge in [0.1, 0.15) is 5.56 Å². The van der Waals surface area contributed by atoms with Crippen LogP contribution in [0.15, 0.2) is 18.2 Å². The van der Waals surface area contributed by atoms with Gasteiger partial charge in [-0.05, 0) is 25.3 Å². The number of hydrogen-bond acceptors (Lipinski definition) is 7. The molecule has 9 nitrogen and oxygen atoms in total. The maximum Gasteiger partial charge on any atom is 0.345 e. The lowest BCUT2D eigenvalue weighted by molar-refractivity contribution is -0.385. The molecule has 0 spiro atoms. The zero-order valence-electron chi connectivity index (χ0n) is 16.1. The Morgan fingerprint density at radius 3 is 2.57 bits per heavy atom. The quantitative estimate of drug-likeness (QED) is 0.379. The minimum absolute atomic E-state index is 0.0226. The summed E-state index contributed by atoms with van der Waals surface area (Å²) < 4.78 is 28.5. The van der Waals surface area contributed by atoms with Crippen LogP contribution in [0.25, 0.3) is 0 Å². The first-order valence-corrected chi connectivity index (χ1v) is 10.7. The van der Waals surface area contributed by atoms with Gasteiger partial charge in [-0.3, -0.25) is 14.9 Å². The van der Waals surface area contributed by atoms with Gasteiger partial charge in [-0.1, -0.05) is 26.0 Å². The second-order valence-electron chi connectivity index (χ2n) is 7.30. The van der Waals surface area contributed by atoms with E-state index in [4.69, 9.17) is 4.74 Å². The van der Waals surface area contributed by atoms with Gasteiger partial charge in [0, 0.05) is 18.2 Å². The van der Waals surface area contributed by atoms with Crippen molar-refractivity contribution >= 4 is 27.4 Å². The molecule has 10 heteroatoms. The van der Waals surface area contributed by atoms with Crippen LogP contribution in [0.5, 0.6) is 0 Å². The van der Waals surface area contributed by atoms with Gasteiger partial charge in [-0.15, -0.1) is 0 Å². The molecule has 1 aliphatic rings. The van der Waals surface area contributed by atoms with Crippen molar-refractivity contribution in [2.24, 2.45) is 5.92 Å². The molecule has 1 aliphatic heterocycles. The molecule has 0 aliphatic carbocycles.